The van der Waals surface area contributed by atoms with Crippen molar-refractivity contribution in [3.8, 4) is 5.75 Å². The van der Waals surface area contributed by atoms with Gasteiger partial charge in [-0.05, 0) is 18.2 Å². The second-order valence-electron chi connectivity index (χ2n) is 4.70. The highest BCUT2D eigenvalue weighted by Crippen LogP contribution is 2.23. The Balaban J connectivity index is 0.00000264. The van der Waals surface area contributed by atoms with E-state index in [-0.39, 0.29) is 35.2 Å². The highest BCUT2D eigenvalue weighted by atomic mass is 35.5. The quantitative estimate of drug-likeness (QED) is 0.634. The van der Waals surface area contributed by atoms with E-state index < -0.39 is 21.5 Å². The lowest BCUT2D eigenvalue weighted by Crippen LogP contribution is -2.15. The molecular formula is C15H16ClFN2O3S. The zero-order chi connectivity index (χ0) is 16.3. The van der Waals surface area contributed by atoms with Crippen molar-refractivity contribution in [2.24, 2.45) is 5.73 Å². The fraction of sp³-hybridized carbons (Fsp3) is 0.133. The third kappa shape index (κ3) is 4.43. The van der Waals surface area contributed by atoms with E-state index in [1.807, 2.05) is 0 Å². The Bertz CT molecular complexity index is 825. The van der Waals surface area contributed by atoms with Crippen LogP contribution in [-0.2, 0) is 16.4 Å². The van der Waals surface area contributed by atoms with Crippen molar-refractivity contribution in [2.75, 3.05) is 6.26 Å². The number of nitrogen functional groups attached to an aromatic ring is 1. The molecule has 0 spiro atoms. The minimum Gasteiger partial charge on any atom is -0.488 e. The lowest BCUT2D eigenvalue weighted by atomic mass is 10.1. The largest absolute Gasteiger partial charge is 0.488 e. The monoisotopic (exact) mass is 358 g/mol. The molecule has 2 aromatic carbocycles. The maximum atomic E-state index is 13.7. The van der Waals surface area contributed by atoms with E-state index in [0.29, 0.717) is 5.56 Å². The lowest BCUT2D eigenvalue weighted by molar-refractivity contribution is 0.300. The number of rotatable bonds is 5. The molecule has 23 heavy (non-hydrogen) atoms. The van der Waals surface area contributed by atoms with E-state index in [2.05, 4.69) is 0 Å². The first-order chi connectivity index (χ1) is 10.3. The van der Waals surface area contributed by atoms with Gasteiger partial charge in [-0.25, -0.2) is 12.8 Å². The Morgan fingerprint density at radius 1 is 1.22 bits per heavy atom. The zero-order valence-corrected chi connectivity index (χ0v) is 13.9. The summed E-state index contributed by atoms with van der Waals surface area (Å²) in [6, 6.07) is 10.5. The molecule has 0 amide bonds. The topological polar surface area (TPSA) is 93.2 Å². The van der Waals surface area contributed by atoms with Crippen molar-refractivity contribution in [1.82, 2.24) is 0 Å². The van der Waals surface area contributed by atoms with Gasteiger partial charge in [-0.3, -0.25) is 5.41 Å². The van der Waals surface area contributed by atoms with Gasteiger partial charge in [0.05, 0.1) is 10.5 Å². The molecule has 5 nitrogen and oxygen atoms in total. The first kappa shape index (κ1) is 18.9. The average molecular weight is 359 g/mol. The molecular weight excluding hydrogens is 343 g/mol. The van der Waals surface area contributed by atoms with Gasteiger partial charge in [-0.2, -0.15) is 0 Å². The van der Waals surface area contributed by atoms with Gasteiger partial charge in [-0.1, -0.05) is 24.3 Å². The maximum Gasteiger partial charge on any atom is 0.175 e. The standard InChI is InChI=1S/C15H15FN2O3S.ClH/c1-22(19,20)13-8-3-2-5-10(13)9-21-12-7-4-6-11(16)14(12)15(17)18;/h2-8H,9H2,1H3,(H3,17,18);1H. The van der Waals surface area contributed by atoms with Crippen LogP contribution in [0, 0.1) is 11.2 Å². The van der Waals surface area contributed by atoms with Gasteiger partial charge in [-0.15, -0.1) is 12.4 Å². The smallest absolute Gasteiger partial charge is 0.175 e. The molecule has 2 aromatic rings. The molecule has 0 saturated carbocycles. The molecule has 0 heterocycles. The van der Waals surface area contributed by atoms with Crippen LogP contribution in [0.3, 0.4) is 0 Å². The van der Waals surface area contributed by atoms with Crippen LogP contribution >= 0.6 is 12.4 Å². The number of hydrogen-bond donors (Lipinski definition) is 2. The van der Waals surface area contributed by atoms with Crippen molar-refractivity contribution < 1.29 is 17.5 Å². The Hall–Kier alpha value is -2.12. The second-order valence-corrected chi connectivity index (χ2v) is 6.68. The van der Waals surface area contributed by atoms with E-state index in [9.17, 15) is 12.8 Å². The van der Waals surface area contributed by atoms with Crippen LogP contribution in [0.2, 0.25) is 0 Å². The number of halogens is 2. The summed E-state index contributed by atoms with van der Waals surface area (Å²) in [4.78, 5) is 0.149. The van der Waals surface area contributed by atoms with Gasteiger partial charge >= 0.3 is 0 Å². The lowest BCUT2D eigenvalue weighted by Gasteiger charge is -2.13. The Kier molecular flexibility index (Phi) is 6.12. The molecule has 0 atom stereocenters. The third-order valence-electron chi connectivity index (χ3n) is 3.00. The summed E-state index contributed by atoms with van der Waals surface area (Å²) in [7, 11) is -3.39. The van der Waals surface area contributed by atoms with E-state index in [1.165, 1.54) is 24.3 Å². The van der Waals surface area contributed by atoms with Gasteiger partial charge in [0, 0.05) is 11.8 Å². The van der Waals surface area contributed by atoms with Crippen LogP contribution in [0.25, 0.3) is 0 Å². The van der Waals surface area contributed by atoms with Gasteiger partial charge in [0.25, 0.3) is 0 Å². The molecule has 3 N–H and O–H groups in total. The van der Waals surface area contributed by atoms with Gasteiger partial charge in [0.2, 0.25) is 0 Å². The summed E-state index contributed by atoms with van der Waals surface area (Å²) < 4.78 is 42.6. The molecule has 0 aliphatic heterocycles. The number of ether oxygens (including phenoxy) is 1. The van der Waals surface area contributed by atoms with Gasteiger partial charge < -0.3 is 10.5 Å². The first-order valence-corrected chi connectivity index (χ1v) is 8.23. The molecule has 124 valence electrons. The van der Waals surface area contributed by atoms with E-state index in [0.717, 1.165) is 6.26 Å². The minimum atomic E-state index is -3.39. The predicted octanol–water partition coefficient (Wildman–Crippen LogP) is 2.51. The summed E-state index contributed by atoms with van der Waals surface area (Å²) in [5.41, 5.74) is 5.66. The fourth-order valence-corrected chi connectivity index (χ4v) is 2.96. The molecule has 0 fully saturated rings. The van der Waals surface area contributed by atoms with Gasteiger partial charge in [0.1, 0.15) is 24.0 Å². The summed E-state index contributed by atoms with van der Waals surface area (Å²) >= 11 is 0. The van der Waals surface area contributed by atoms with Crippen LogP contribution in [-0.4, -0.2) is 20.5 Å². The third-order valence-corrected chi connectivity index (χ3v) is 4.20. The SMILES string of the molecule is CS(=O)(=O)c1ccccc1COc1cccc(F)c1C(=N)N.Cl. The molecule has 0 unspecified atom stereocenters. The highest BCUT2D eigenvalue weighted by molar-refractivity contribution is 7.90. The fourth-order valence-electron chi connectivity index (χ4n) is 2.03. The van der Waals surface area contributed by atoms with Crippen molar-refractivity contribution in [2.45, 2.75) is 11.5 Å². The predicted molar refractivity (Wildman–Crippen MR) is 88.5 cm³/mol. The van der Waals surface area contributed by atoms with Crippen LogP contribution in [0.4, 0.5) is 4.39 Å². The Morgan fingerprint density at radius 2 is 1.87 bits per heavy atom. The molecule has 8 heteroatoms. The van der Waals surface area contributed by atoms with E-state index in [4.69, 9.17) is 15.9 Å². The zero-order valence-electron chi connectivity index (χ0n) is 12.2. The minimum absolute atomic E-state index is 0. The molecule has 0 bridgehead atoms. The average Bonchev–Trinajstić information content (AvgIpc) is 2.44. The number of nitrogens with two attached hydrogens (primary N) is 1. The molecule has 0 saturated heterocycles. The normalized spacial score (nSPS) is 10.7. The molecule has 0 aliphatic carbocycles. The van der Waals surface area contributed by atoms with Gasteiger partial charge in [0.15, 0.2) is 9.84 Å². The molecule has 0 aliphatic rings. The van der Waals surface area contributed by atoms with Crippen molar-refractivity contribution in [3.63, 3.8) is 0 Å². The van der Waals surface area contributed by atoms with Crippen LogP contribution < -0.4 is 10.5 Å². The maximum absolute atomic E-state index is 13.7. The highest BCUT2D eigenvalue weighted by Gasteiger charge is 2.15. The Morgan fingerprint density at radius 3 is 2.48 bits per heavy atom. The first-order valence-electron chi connectivity index (χ1n) is 6.34. The van der Waals surface area contributed by atoms with Crippen LogP contribution in [0.15, 0.2) is 47.4 Å². The molecule has 0 radical (unpaired) electrons. The molecule has 0 aromatic heterocycles. The summed E-state index contributed by atoms with van der Waals surface area (Å²) in [6.45, 7) is -0.0764. The Labute approximate surface area is 140 Å². The van der Waals surface area contributed by atoms with Crippen LogP contribution in [0.1, 0.15) is 11.1 Å². The number of nitrogens with one attached hydrogen (secondary N) is 1. The number of hydrogen-bond acceptors (Lipinski definition) is 4. The second kappa shape index (κ2) is 7.43. The van der Waals surface area contributed by atoms with Crippen molar-refractivity contribution >= 4 is 28.1 Å². The number of benzene rings is 2. The van der Waals surface area contributed by atoms with Crippen LogP contribution in [0.5, 0.6) is 5.75 Å². The number of amidine groups is 1. The number of sulfone groups is 1. The van der Waals surface area contributed by atoms with E-state index in [1.54, 1.807) is 18.2 Å². The summed E-state index contributed by atoms with van der Waals surface area (Å²) in [5.74, 6) is -1.03. The van der Waals surface area contributed by atoms with Crippen molar-refractivity contribution in [3.05, 3.63) is 59.4 Å². The molecule has 2 rings (SSSR count). The summed E-state index contributed by atoms with van der Waals surface area (Å²) in [6.07, 6.45) is 1.11. The summed E-state index contributed by atoms with van der Waals surface area (Å²) in [5, 5.41) is 7.40. The van der Waals surface area contributed by atoms with Crippen molar-refractivity contribution in [1.29, 1.82) is 5.41 Å². The van der Waals surface area contributed by atoms with E-state index >= 15 is 0 Å².